The Morgan fingerprint density at radius 2 is 1.95 bits per heavy atom. The highest BCUT2D eigenvalue weighted by Crippen LogP contribution is 2.29. The molecule has 2 rings (SSSR count). The van der Waals surface area contributed by atoms with Gasteiger partial charge in [0, 0.05) is 18.2 Å². The maximum absolute atomic E-state index is 11.7. The van der Waals surface area contributed by atoms with Gasteiger partial charge >= 0.3 is 5.97 Å². The smallest absolute Gasteiger partial charge is 0.328 e. The number of hydrogen-bond acceptors (Lipinski definition) is 2. The van der Waals surface area contributed by atoms with Crippen molar-refractivity contribution in [3.05, 3.63) is 35.9 Å². The number of amides is 1. The van der Waals surface area contributed by atoms with E-state index >= 15 is 0 Å². The fourth-order valence-electron chi connectivity index (χ4n) is 2.02. The summed E-state index contributed by atoms with van der Waals surface area (Å²) in [6.07, 6.45) is 6.76. The van der Waals surface area contributed by atoms with Crippen molar-refractivity contribution in [3.63, 3.8) is 0 Å². The van der Waals surface area contributed by atoms with E-state index in [-0.39, 0.29) is 5.91 Å². The molecule has 100 valence electrons. The minimum atomic E-state index is -0.974. The van der Waals surface area contributed by atoms with Crippen molar-refractivity contribution in [2.45, 2.75) is 25.7 Å². The van der Waals surface area contributed by atoms with E-state index in [9.17, 15) is 9.59 Å². The van der Waals surface area contributed by atoms with Crippen molar-refractivity contribution >= 4 is 23.6 Å². The molecule has 1 fully saturated rings. The highest BCUT2D eigenvalue weighted by Gasteiger charge is 2.20. The molecule has 1 amide bonds. The number of carboxylic acid groups (broad SMARTS) is 1. The van der Waals surface area contributed by atoms with E-state index in [0.29, 0.717) is 12.3 Å². The van der Waals surface area contributed by atoms with Crippen molar-refractivity contribution in [3.8, 4) is 0 Å². The Kier molecular flexibility index (Phi) is 4.34. The van der Waals surface area contributed by atoms with Gasteiger partial charge in [0.15, 0.2) is 0 Å². The number of carboxylic acids is 1. The highest BCUT2D eigenvalue weighted by atomic mass is 16.4. The average Bonchev–Trinajstić information content (AvgIpc) is 2.33. The summed E-state index contributed by atoms with van der Waals surface area (Å²) in [6.45, 7) is 0. The normalized spacial score (nSPS) is 15.2. The summed E-state index contributed by atoms with van der Waals surface area (Å²) in [5.74, 6) is -0.367. The van der Waals surface area contributed by atoms with Crippen molar-refractivity contribution in [1.29, 1.82) is 0 Å². The third kappa shape index (κ3) is 4.25. The third-order valence-electron chi connectivity index (χ3n) is 3.31. The summed E-state index contributed by atoms with van der Waals surface area (Å²) in [4.78, 5) is 22.1. The number of nitrogens with one attached hydrogen (secondary N) is 1. The van der Waals surface area contributed by atoms with Crippen LogP contribution in [-0.2, 0) is 9.59 Å². The van der Waals surface area contributed by atoms with E-state index in [0.717, 1.165) is 30.2 Å². The lowest BCUT2D eigenvalue weighted by Gasteiger charge is -2.24. The van der Waals surface area contributed by atoms with Crippen LogP contribution in [0, 0.1) is 5.92 Å². The Bertz CT molecular complexity index is 487. The summed E-state index contributed by atoms with van der Waals surface area (Å²) in [5.41, 5.74) is 1.54. The molecule has 0 unspecified atom stereocenters. The van der Waals surface area contributed by atoms with E-state index in [1.54, 1.807) is 24.3 Å². The van der Waals surface area contributed by atoms with Gasteiger partial charge in [-0.2, -0.15) is 0 Å². The van der Waals surface area contributed by atoms with Gasteiger partial charge in [-0.1, -0.05) is 18.6 Å². The first-order valence-electron chi connectivity index (χ1n) is 6.44. The van der Waals surface area contributed by atoms with E-state index in [4.69, 9.17) is 5.11 Å². The molecule has 0 atom stereocenters. The van der Waals surface area contributed by atoms with Crippen molar-refractivity contribution < 1.29 is 14.7 Å². The van der Waals surface area contributed by atoms with Gasteiger partial charge in [-0.25, -0.2) is 4.79 Å². The van der Waals surface area contributed by atoms with Gasteiger partial charge in [-0.15, -0.1) is 0 Å². The molecule has 4 nitrogen and oxygen atoms in total. The number of rotatable bonds is 5. The highest BCUT2D eigenvalue weighted by molar-refractivity contribution is 5.91. The van der Waals surface area contributed by atoms with Crippen LogP contribution in [0.1, 0.15) is 31.2 Å². The zero-order valence-corrected chi connectivity index (χ0v) is 10.6. The van der Waals surface area contributed by atoms with Crippen LogP contribution in [0.4, 0.5) is 5.69 Å². The third-order valence-corrected chi connectivity index (χ3v) is 3.31. The number of carbonyl (C=O) groups excluding carboxylic acids is 1. The summed E-state index contributed by atoms with van der Waals surface area (Å²) in [6, 6.07) is 7.11. The molecule has 0 bridgehead atoms. The molecule has 1 aromatic carbocycles. The maximum Gasteiger partial charge on any atom is 0.328 e. The van der Waals surface area contributed by atoms with Gasteiger partial charge < -0.3 is 10.4 Å². The second-order valence-corrected chi connectivity index (χ2v) is 4.84. The van der Waals surface area contributed by atoms with E-state index in [1.807, 2.05) is 0 Å². The molecular formula is C15H17NO3. The molecule has 2 N–H and O–H groups in total. The van der Waals surface area contributed by atoms with Crippen molar-refractivity contribution in [2.24, 2.45) is 5.92 Å². The van der Waals surface area contributed by atoms with Crippen LogP contribution in [-0.4, -0.2) is 17.0 Å². The lowest BCUT2D eigenvalue weighted by molar-refractivity contribution is -0.131. The average molecular weight is 259 g/mol. The van der Waals surface area contributed by atoms with E-state index in [2.05, 4.69) is 5.32 Å². The fraction of sp³-hybridized carbons (Fsp3) is 0.333. The van der Waals surface area contributed by atoms with Crippen LogP contribution >= 0.6 is 0 Å². The summed E-state index contributed by atoms with van der Waals surface area (Å²) < 4.78 is 0. The molecule has 0 radical (unpaired) electrons. The predicted octanol–water partition coefficient (Wildman–Crippen LogP) is 2.91. The second kappa shape index (κ2) is 6.18. The van der Waals surface area contributed by atoms with E-state index < -0.39 is 5.97 Å². The monoisotopic (exact) mass is 259 g/mol. The Balaban J connectivity index is 1.87. The van der Waals surface area contributed by atoms with Gasteiger partial charge in [-0.05, 0) is 42.5 Å². The maximum atomic E-state index is 11.7. The molecule has 1 aliphatic rings. The second-order valence-electron chi connectivity index (χ2n) is 4.84. The number of benzene rings is 1. The number of anilines is 1. The van der Waals surface area contributed by atoms with Crippen molar-refractivity contribution in [1.82, 2.24) is 0 Å². The molecule has 0 aromatic heterocycles. The summed E-state index contributed by atoms with van der Waals surface area (Å²) in [7, 11) is 0. The van der Waals surface area contributed by atoms with Gasteiger partial charge in [0.2, 0.25) is 5.91 Å². The van der Waals surface area contributed by atoms with Crippen LogP contribution in [0.15, 0.2) is 30.3 Å². The SMILES string of the molecule is O=C(O)/C=C/c1ccc(NC(=O)CC2CCC2)cc1. The molecule has 1 saturated carbocycles. The minimum absolute atomic E-state index is 0.0542. The Morgan fingerprint density at radius 1 is 1.26 bits per heavy atom. The topological polar surface area (TPSA) is 66.4 Å². The molecule has 1 aromatic rings. The van der Waals surface area contributed by atoms with Crippen LogP contribution < -0.4 is 5.32 Å². The molecule has 0 aliphatic heterocycles. The summed E-state index contributed by atoms with van der Waals surface area (Å²) >= 11 is 0. The predicted molar refractivity (Wildman–Crippen MR) is 73.7 cm³/mol. The lowest BCUT2D eigenvalue weighted by Crippen LogP contribution is -2.20. The Morgan fingerprint density at radius 3 is 2.47 bits per heavy atom. The number of carbonyl (C=O) groups is 2. The molecule has 19 heavy (non-hydrogen) atoms. The van der Waals surface area contributed by atoms with Crippen LogP contribution in [0.5, 0.6) is 0 Å². The molecule has 0 spiro atoms. The first-order chi connectivity index (χ1) is 9.13. The Labute approximate surface area is 112 Å². The minimum Gasteiger partial charge on any atom is -0.478 e. The zero-order valence-electron chi connectivity index (χ0n) is 10.6. The molecule has 0 heterocycles. The van der Waals surface area contributed by atoms with Gasteiger partial charge in [0.25, 0.3) is 0 Å². The standard InChI is InChI=1S/C15H17NO3/c17-14(10-12-2-1-3-12)16-13-7-4-11(5-8-13)6-9-15(18)19/h4-9,12H,1-3,10H2,(H,16,17)(H,18,19)/b9-6+. The van der Waals surface area contributed by atoms with Crippen LogP contribution in [0.3, 0.4) is 0 Å². The largest absolute Gasteiger partial charge is 0.478 e. The van der Waals surface area contributed by atoms with Crippen LogP contribution in [0.2, 0.25) is 0 Å². The lowest BCUT2D eigenvalue weighted by atomic mass is 9.83. The van der Waals surface area contributed by atoms with Gasteiger partial charge in [0.05, 0.1) is 0 Å². The van der Waals surface area contributed by atoms with Crippen molar-refractivity contribution in [2.75, 3.05) is 5.32 Å². The number of aliphatic carboxylic acids is 1. The summed E-state index contributed by atoms with van der Waals surface area (Å²) in [5, 5.41) is 11.4. The first kappa shape index (κ1) is 13.3. The van der Waals surface area contributed by atoms with Crippen LogP contribution in [0.25, 0.3) is 6.08 Å². The fourth-order valence-corrected chi connectivity index (χ4v) is 2.02. The van der Waals surface area contributed by atoms with Gasteiger partial charge in [-0.3, -0.25) is 4.79 Å². The quantitative estimate of drug-likeness (QED) is 0.799. The molecule has 0 saturated heterocycles. The Hall–Kier alpha value is -2.10. The van der Waals surface area contributed by atoms with Gasteiger partial charge in [0.1, 0.15) is 0 Å². The first-order valence-corrected chi connectivity index (χ1v) is 6.44. The number of hydrogen-bond donors (Lipinski definition) is 2. The molecule has 1 aliphatic carbocycles. The molecule has 4 heteroatoms. The van der Waals surface area contributed by atoms with E-state index in [1.165, 1.54) is 12.5 Å². The zero-order chi connectivity index (χ0) is 13.7. The molecular weight excluding hydrogens is 242 g/mol.